The minimum atomic E-state index is 0.776. The highest BCUT2D eigenvalue weighted by Crippen LogP contribution is 2.28. The van der Waals surface area contributed by atoms with E-state index in [1.807, 2.05) is 18.2 Å². The van der Waals surface area contributed by atoms with E-state index < -0.39 is 0 Å². The maximum absolute atomic E-state index is 5.98. The van der Waals surface area contributed by atoms with Gasteiger partial charge in [0.25, 0.3) is 0 Å². The molecule has 0 atom stereocenters. The molecule has 2 nitrogen and oxygen atoms in total. The molecule has 0 amide bonds. The fourth-order valence-corrected chi connectivity index (χ4v) is 3.37. The van der Waals surface area contributed by atoms with Crippen LogP contribution >= 0.6 is 22.9 Å². The predicted octanol–water partition coefficient (Wildman–Crippen LogP) is 5.97. The average molecular weight is 311 g/mol. The number of hydrogen-bond donors (Lipinski definition) is 1. The van der Waals surface area contributed by atoms with Crippen molar-refractivity contribution in [1.29, 1.82) is 0 Å². The number of unbranched alkanes of at least 4 members (excludes halogenated alkanes) is 3. The second-order valence-corrected chi connectivity index (χ2v) is 7.12. The number of fused-ring (bicyclic) bond motifs is 1. The first-order valence-electron chi connectivity index (χ1n) is 7.45. The SMILES string of the molecule is CC(C)CCCCCCNc1nc2ccc(Cl)cc2s1. The van der Waals surface area contributed by atoms with Crippen molar-refractivity contribution in [1.82, 2.24) is 4.98 Å². The van der Waals surface area contributed by atoms with Crippen molar-refractivity contribution < 1.29 is 0 Å². The summed E-state index contributed by atoms with van der Waals surface area (Å²) in [6.45, 7) is 5.59. The van der Waals surface area contributed by atoms with Crippen LogP contribution in [-0.4, -0.2) is 11.5 Å². The van der Waals surface area contributed by atoms with E-state index in [0.29, 0.717) is 0 Å². The van der Waals surface area contributed by atoms with Gasteiger partial charge in [-0.2, -0.15) is 0 Å². The number of nitrogens with zero attached hydrogens (tertiary/aromatic N) is 1. The number of thiazole rings is 1. The molecule has 0 saturated carbocycles. The van der Waals surface area contributed by atoms with Crippen molar-refractivity contribution in [2.24, 2.45) is 5.92 Å². The molecule has 0 saturated heterocycles. The highest BCUT2D eigenvalue weighted by molar-refractivity contribution is 7.22. The van der Waals surface area contributed by atoms with Gasteiger partial charge >= 0.3 is 0 Å². The fourth-order valence-electron chi connectivity index (χ4n) is 2.20. The van der Waals surface area contributed by atoms with E-state index in [1.54, 1.807) is 11.3 Å². The molecule has 0 unspecified atom stereocenters. The summed E-state index contributed by atoms with van der Waals surface area (Å²) in [6.07, 6.45) is 6.57. The monoisotopic (exact) mass is 310 g/mol. The van der Waals surface area contributed by atoms with Gasteiger partial charge in [0.05, 0.1) is 10.2 Å². The van der Waals surface area contributed by atoms with E-state index in [0.717, 1.165) is 32.8 Å². The summed E-state index contributed by atoms with van der Waals surface area (Å²) in [4.78, 5) is 4.56. The molecule has 1 heterocycles. The molecule has 4 heteroatoms. The molecule has 0 spiro atoms. The molecule has 0 aliphatic carbocycles. The van der Waals surface area contributed by atoms with Gasteiger partial charge in [-0.25, -0.2) is 4.98 Å². The maximum Gasteiger partial charge on any atom is 0.183 e. The normalized spacial score (nSPS) is 11.4. The van der Waals surface area contributed by atoms with Crippen molar-refractivity contribution in [3.05, 3.63) is 23.2 Å². The summed E-state index contributed by atoms with van der Waals surface area (Å²) in [5, 5.41) is 5.20. The van der Waals surface area contributed by atoms with Crippen molar-refractivity contribution in [2.75, 3.05) is 11.9 Å². The lowest BCUT2D eigenvalue weighted by molar-refractivity contribution is 0.523. The molecule has 0 fully saturated rings. The molecule has 0 aliphatic heterocycles. The molecule has 110 valence electrons. The van der Waals surface area contributed by atoms with Crippen molar-refractivity contribution in [3.8, 4) is 0 Å². The first kappa shape index (κ1) is 15.6. The average Bonchev–Trinajstić information content (AvgIpc) is 2.79. The summed E-state index contributed by atoms with van der Waals surface area (Å²) in [5.41, 5.74) is 1.03. The minimum absolute atomic E-state index is 0.776. The van der Waals surface area contributed by atoms with Crippen LogP contribution in [0.2, 0.25) is 5.02 Å². The van der Waals surface area contributed by atoms with E-state index in [-0.39, 0.29) is 0 Å². The Balaban J connectivity index is 1.68. The highest BCUT2D eigenvalue weighted by Gasteiger charge is 2.03. The fraction of sp³-hybridized carbons (Fsp3) is 0.562. The second kappa shape index (κ2) is 7.84. The van der Waals surface area contributed by atoms with Crippen LogP contribution in [0.4, 0.5) is 5.13 Å². The number of anilines is 1. The lowest BCUT2D eigenvalue weighted by atomic mass is 10.0. The maximum atomic E-state index is 5.98. The number of nitrogens with one attached hydrogen (secondary N) is 1. The zero-order valence-corrected chi connectivity index (χ0v) is 13.9. The molecule has 1 aromatic heterocycles. The van der Waals surface area contributed by atoms with Crippen molar-refractivity contribution >= 4 is 38.3 Å². The molecule has 0 aliphatic rings. The molecule has 20 heavy (non-hydrogen) atoms. The second-order valence-electron chi connectivity index (χ2n) is 5.65. The van der Waals surface area contributed by atoms with Crippen LogP contribution in [0, 0.1) is 5.92 Å². The smallest absolute Gasteiger partial charge is 0.183 e. The summed E-state index contributed by atoms with van der Waals surface area (Å²) >= 11 is 7.66. The molecular formula is C16H23ClN2S. The number of rotatable bonds is 8. The number of halogens is 1. The third-order valence-corrected chi connectivity index (χ3v) is 4.55. The molecule has 0 radical (unpaired) electrons. The zero-order chi connectivity index (χ0) is 14.4. The van der Waals surface area contributed by atoms with Crippen LogP contribution in [-0.2, 0) is 0 Å². The third kappa shape index (κ3) is 4.95. The Morgan fingerprint density at radius 2 is 2.00 bits per heavy atom. The molecule has 0 bridgehead atoms. The van der Waals surface area contributed by atoms with E-state index in [9.17, 15) is 0 Å². The Bertz CT molecular complexity index is 536. The van der Waals surface area contributed by atoms with Crippen molar-refractivity contribution in [2.45, 2.75) is 46.0 Å². The molecule has 1 N–H and O–H groups in total. The van der Waals surface area contributed by atoms with Crippen LogP contribution in [0.25, 0.3) is 10.2 Å². The van der Waals surface area contributed by atoms with Crippen molar-refractivity contribution in [3.63, 3.8) is 0 Å². The Hall–Kier alpha value is -0.800. The van der Waals surface area contributed by atoms with Gasteiger partial charge in [0.2, 0.25) is 0 Å². The van der Waals surface area contributed by atoms with Gasteiger partial charge in [-0.3, -0.25) is 0 Å². The first-order valence-corrected chi connectivity index (χ1v) is 8.64. The summed E-state index contributed by atoms with van der Waals surface area (Å²) in [5.74, 6) is 0.836. The molecular weight excluding hydrogens is 288 g/mol. The first-order chi connectivity index (χ1) is 9.65. The van der Waals surface area contributed by atoms with E-state index in [4.69, 9.17) is 11.6 Å². The number of hydrogen-bond acceptors (Lipinski definition) is 3. The lowest BCUT2D eigenvalue weighted by Gasteiger charge is -2.04. The van der Waals surface area contributed by atoms with E-state index in [2.05, 4.69) is 24.1 Å². The topological polar surface area (TPSA) is 24.9 Å². The summed E-state index contributed by atoms with van der Waals surface area (Å²) in [6, 6.07) is 5.85. The Morgan fingerprint density at radius 1 is 1.20 bits per heavy atom. The standard InChI is InChI=1S/C16H23ClN2S/c1-12(2)7-5-3-4-6-10-18-16-19-14-9-8-13(17)11-15(14)20-16/h8-9,11-12H,3-7,10H2,1-2H3,(H,18,19). The number of benzene rings is 1. The molecule has 2 rings (SSSR count). The van der Waals surface area contributed by atoms with Gasteiger partial charge in [-0.05, 0) is 30.5 Å². The van der Waals surface area contributed by atoms with Crippen LogP contribution in [0.15, 0.2) is 18.2 Å². The Labute approximate surface area is 130 Å². The van der Waals surface area contributed by atoms with Gasteiger partial charge in [0.1, 0.15) is 0 Å². The largest absolute Gasteiger partial charge is 0.361 e. The minimum Gasteiger partial charge on any atom is -0.361 e. The van der Waals surface area contributed by atoms with Gasteiger partial charge in [-0.1, -0.05) is 62.5 Å². The van der Waals surface area contributed by atoms with Crippen LogP contribution in [0.1, 0.15) is 46.0 Å². The highest BCUT2D eigenvalue weighted by atomic mass is 35.5. The zero-order valence-electron chi connectivity index (χ0n) is 12.3. The predicted molar refractivity (Wildman–Crippen MR) is 91.0 cm³/mol. The quantitative estimate of drug-likeness (QED) is 0.608. The Morgan fingerprint density at radius 3 is 2.80 bits per heavy atom. The van der Waals surface area contributed by atoms with Gasteiger partial charge in [-0.15, -0.1) is 0 Å². The summed E-state index contributed by atoms with van der Waals surface area (Å²) < 4.78 is 1.15. The van der Waals surface area contributed by atoms with E-state index in [1.165, 1.54) is 32.1 Å². The van der Waals surface area contributed by atoms with Crippen LogP contribution in [0.3, 0.4) is 0 Å². The van der Waals surface area contributed by atoms with Crippen LogP contribution < -0.4 is 5.32 Å². The van der Waals surface area contributed by atoms with Gasteiger partial charge in [0.15, 0.2) is 5.13 Å². The molecule has 2 aromatic rings. The van der Waals surface area contributed by atoms with Gasteiger partial charge < -0.3 is 5.32 Å². The van der Waals surface area contributed by atoms with Gasteiger partial charge in [0, 0.05) is 11.6 Å². The third-order valence-electron chi connectivity index (χ3n) is 3.33. The summed E-state index contributed by atoms with van der Waals surface area (Å²) in [7, 11) is 0. The molecule has 1 aromatic carbocycles. The lowest BCUT2D eigenvalue weighted by Crippen LogP contribution is -2.00. The number of aromatic nitrogens is 1. The Kier molecular flexibility index (Phi) is 6.11. The van der Waals surface area contributed by atoms with E-state index >= 15 is 0 Å². The van der Waals surface area contributed by atoms with Crippen LogP contribution in [0.5, 0.6) is 0 Å².